The SMILES string of the molecule is COc1ccc(C(=O)C=CC(=O)O)cc1OC. The number of benzene rings is 1. The Balaban J connectivity index is 2.99. The summed E-state index contributed by atoms with van der Waals surface area (Å²) in [6, 6.07) is 4.61. The number of carboxylic acids is 1. The molecular weight excluding hydrogens is 224 g/mol. The van der Waals surface area contributed by atoms with E-state index in [4.69, 9.17) is 14.6 Å². The van der Waals surface area contributed by atoms with Crippen LogP contribution in [0.1, 0.15) is 10.4 Å². The van der Waals surface area contributed by atoms with Gasteiger partial charge in [0.25, 0.3) is 0 Å². The second-order valence-corrected chi connectivity index (χ2v) is 3.11. The van der Waals surface area contributed by atoms with Gasteiger partial charge in [-0.2, -0.15) is 0 Å². The van der Waals surface area contributed by atoms with E-state index in [0.29, 0.717) is 17.1 Å². The van der Waals surface area contributed by atoms with E-state index >= 15 is 0 Å². The van der Waals surface area contributed by atoms with E-state index in [-0.39, 0.29) is 0 Å². The van der Waals surface area contributed by atoms with Crippen LogP contribution in [0.15, 0.2) is 30.4 Å². The van der Waals surface area contributed by atoms with Crippen LogP contribution in [0, 0.1) is 0 Å². The van der Waals surface area contributed by atoms with E-state index in [1.54, 1.807) is 6.07 Å². The molecule has 0 unspecified atom stereocenters. The van der Waals surface area contributed by atoms with Gasteiger partial charge in [0.2, 0.25) is 0 Å². The second-order valence-electron chi connectivity index (χ2n) is 3.11. The number of ether oxygens (including phenoxy) is 2. The summed E-state index contributed by atoms with van der Waals surface area (Å²) in [6.45, 7) is 0. The predicted molar refractivity (Wildman–Crippen MR) is 60.7 cm³/mol. The molecular formula is C12H12O5. The molecule has 0 heterocycles. The van der Waals surface area contributed by atoms with Crippen LogP contribution in [0.4, 0.5) is 0 Å². The normalized spacial score (nSPS) is 10.2. The first-order valence-electron chi connectivity index (χ1n) is 4.76. The zero-order chi connectivity index (χ0) is 12.8. The lowest BCUT2D eigenvalue weighted by Crippen LogP contribution is -1.98. The maximum absolute atomic E-state index is 11.6. The van der Waals surface area contributed by atoms with E-state index in [0.717, 1.165) is 12.2 Å². The van der Waals surface area contributed by atoms with Gasteiger partial charge >= 0.3 is 5.97 Å². The molecule has 1 rings (SSSR count). The minimum absolute atomic E-state index is 0.333. The van der Waals surface area contributed by atoms with Gasteiger partial charge in [0, 0.05) is 11.6 Å². The van der Waals surface area contributed by atoms with Crippen LogP contribution in [0.25, 0.3) is 0 Å². The van der Waals surface area contributed by atoms with Crippen molar-refractivity contribution in [1.82, 2.24) is 0 Å². The third-order valence-corrected chi connectivity index (χ3v) is 2.05. The van der Waals surface area contributed by atoms with E-state index in [2.05, 4.69) is 0 Å². The van der Waals surface area contributed by atoms with Crippen molar-refractivity contribution < 1.29 is 24.2 Å². The summed E-state index contributed by atoms with van der Waals surface area (Å²) in [5.74, 6) is -0.652. The van der Waals surface area contributed by atoms with Crippen molar-refractivity contribution in [3.05, 3.63) is 35.9 Å². The van der Waals surface area contributed by atoms with Crippen molar-refractivity contribution >= 4 is 11.8 Å². The summed E-state index contributed by atoms with van der Waals surface area (Å²) in [5.41, 5.74) is 0.333. The van der Waals surface area contributed by atoms with Crippen molar-refractivity contribution in [2.24, 2.45) is 0 Å². The molecule has 0 aliphatic heterocycles. The largest absolute Gasteiger partial charge is 0.493 e. The Bertz CT molecular complexity index is 462. The minimum atomic E-state index is -1.17. The average molecular weight is 236 g/mol. The summed E-state index contributed by atoms with van der Waals surface area (Å²) in [7, 11) is 2.95. The lowest BCUT2D eigenvalue weighted by atomic mass is 10.1. The number of carbonyl (C=O) groups excluding carboxylic acids is 1. The van der Waals surface area contributed by atoms with Crippen LogP contribution in [0.5, 0.6) is 11.5 Å². The van der Waals surface area contributed by atoms with Crippen molar-refractivity contribution in [1.29, 1.82) is 0 Å². The summed E-state index contributed by atoms with van der Waals surface area (Å²) in [6.07, 6.45) is 1.78. The van der Waals surface area contributed by atoms with Crippen molar-refractivity contribution in [3.63, 3.8) is 0 Å². The number of allylic oxidation sites excluding steroid dienone is 1. The Morgan fingerprint density at radius 2 is 1.76 bits per heavy atom. The molecule has 90 valence electrons. The highest BCUT2D eigenvalue weighted by atomic mass is 16.5. The third-order valence-electron chi connectivity index (χ3n) is 2.05. The lowest BCUT2D eigenvalue weighted by Gasteiger charge is -2.07. The Hall–Kier alpha value is -2.30. The Morgan fingerprint density at radius 3 is 2.29 bits per heavy atom. The van der Waals surface area contributed by atoms with Gasteiger partial charge in [-0.05, 0) is 24.3 Å². The van der Waals surface area contributed by atoms with Crippen LogP contribution in [0.3, 0.4) is 0 Å². The molecule has 0 atom stereocenters. The van der Waals surface area contributed by atoms with Crippen LogP contribution < -0.4 is 9.47 Å². The molecule has 0 aliphatic rings. The molecule has 0 saturated carbocycles. The van der Waals surface area contributed by atoms with Gasteiger partial charge < -0.3 is 14.6 Å². The smallest absolute Gasteiger partial charge is 0.328 e. The quantitative estimate of drug-likeness (QED) is 0.620. The highest BCUT2D eigenvalue weighted by Crippen LogP contribution is 2.27. The Morgan fingerprint density at radius 1 is 1.12 bits per heavy atom. The fraction of sp³-hybridized carbons (Fsp3) is 0.167. The first-order valence-corrected chi connectivity index (χ1v) is 4.76. The van der Waals surface area contributed by atoms with Gasteiger partial charge in [0.1, 0.15) is 0 Å². The zero-order valence-electron chi connectivity index (χ0n) is 9.47. The van der Waals surface area contributed by atoms with Crippen molar-refractivity contribution in [3.8, 4) is 11.5 Å². The fourth-order valence-corrected chi connectivity index (χ4v) is 1.23. The molecule has 17 heavy (non-hydrogen) atoms. The van der Waals surface area contributed by atoms with E-state index in [9.17, 15) is 9.59 Å². The number of hydrogen-bond acceptors (Lipinski definition) is 4. The standard InChI is InChI=1S/C12H12O5/c1-16-10-5-3-8(7-11(10)17-2)9(13)4-6-12(14)15/h3-7H,1-2H3,(H,14,15). The molecule has 0 saturated heterocycles. The molecule has 1 aromatic rings. The summed E-state index contributed by atoms with van der Waals surface area (Å²) < 4.78 is 10.1. The van der Waals surface area contributed by atoms with E-state index < -0.39 is 11.8 Å². The molecule has 0 bridgehead atoms. The van der Waals surface area contributed by atoms with Gasteiger partial charge in [-0.1, -0.05) is 0 Å². The lowest BCUT2D eigenvalue weighted by molar-refractivity contribution is -0.131. The molecule has 1 aromatic carbocycles. The number of rotatable bonds is 5. The molecule has 0 amide bonds. The van der Waals surface area contributed by atoms with E-state index in [1.165, 1.54) is 26.4 Å². The Labute approximate surface area is 98.3 Å². The zero-order valence-corrected chi connectivity index (χ0v) is 9.47. The monoisotopic (exact) mass is 236 g/mol. The molecule has 5 heteroatoms. The number of carbonyl (C=O) groups is 2. The second kappa shape index (κ2) is 5.69. The van der Waals surface area contributed by atoms with Crippen LogP contribution in [-0.2, 0) is 4.79 Å². The summed E-state index contributed by atoms with van der Waals surface area (Å²) in [5, 5.41) is 8.41. The molecule has 5 nitrogen and oxygen atoms in total. The number of hydrogen-bond donors (Lipinski definition) is 1. The van der Waals surface area contributed by atoms with Crippen LogP contribution in [-0.4, -0.2) is 31.1 Å². The maximum atomic E-state index is 11.6. The minimum Gasteiger partial charge on any atom is -0.493 e. The Kier molecular flexibility index (Phi) is 4.28. The molecule has 0 aliphatic carbocycles. The highest BCUT2D eigenvalue weighted by Gasteiger charge is 2.08. The number of methoxy groups -OCH3 is 2. The number of carboxylic acid groups (broad SMARTS) is 1. The van der Waals surface area contributed by atoms with Crippen molar-refractivity contribution in [2.75, 3.05) is 14.2 Å². The van der Waals surface area contributed by atoms with Crippen molar-refractivity contribution in [2.45, 2.75) is 0 Å². The third kappa shape index (κ3) is 3.34. The summed E-state index contributed by atoms with van der Waals surface area (Å²) >= 11 is 0. The summed E-state index contributed by atoms with van der Waals surface area (Å²) in [4.78, 5) is 21.8. The number of aliphatic carboxylic acids is 1. The predicted octanol–water partition coefficient (Wildman–Crippen LogP) is 1.53. The first kappa shape index (κ1) is 12.8. The van der Waals surface area contributed by atoms with Crippen LogP contribution >= 0.6 is 0 Å². The molecule has 1 N–H and O–H groups in total. The number of ketones is 1. The fourth-order valence-electron chi connectivity index (χ4n) is 1.23. The van der Waals surface area contributed by atoms with Gasteiger partial charge in [-0.15, -0.1) is 0 Å². The molecule has 0 radical (unpaired) electrons. The van der Waals surface area contributed by atoms with Gasteiger partial charge in [0.15, 0.2) is 17.3 Å². The van der Waals surface area contributed by atoms with Gasteiger partial charge in [-0.25, -0.2) is 4.79 Å². The van der Waals surface area contributed by atoms with Gasteiger partial charge in [0.05, 0.1) is 14.2 Å². The van der Waals surface area contributed by atoms with Crippen LogP contribution in [0.2, 0.25) is 0 Å². The molecule has 0 fully saturated rings. The van der Waals surface area contributed by atoms with Gasteiger partial charge in [-0.3, -0.25) is 4.79 Å². The molecule has 0 spiro atoms. The van der Waals surface area contributed by atoms with E-state index in [1.807, 2.05) is 0 Å². The average Bonchev–Trinajstić information content (AvgIpc) is 2.34. The first-order chi connectivity index (χ1) is 8.08. The maximum Gasteiger partial charge on any atom is 0.328 e. The topological polar surface area (TPSA) is 72.8 Å². The highest BCUT2D eigenvalue weighted by molar-refractivity contribution is 6.07. The molecule has 0 aromatic heterocycles.